The lowest BCUT2D eigenvalue weighted by Crippen LogP contribution is -2.25. The summed E-state index contributed by atoms with van der Waals surface area (Å²) in [6, 6.07) is 11.9. The van der Waals surface area contributed by atoms with E-state index in [-0.39, 0.29) is 5.78 Å². The van der Waals surface area contributed by atoms with E-state index in [0.29, 0.717) is 52.6 Å². The lowest BCUT2D eigenvalue weighted by Gasteiger charge is -2.20. The van der Waals surface area contributed by atoms with Crippen LogP contribution in [-0.4, -0.2) is 55.6 Å². The molecular formula is C28H34N8O2. The molecule has 4 rings (SSSR count). The van der Waals surface area contributed by atoms with Crippen LogP contribution in [0.1, 0.15) is 43.1 Å². The number of nitrogens with one attached hydrogen (secondary N) is 2. The number of ether oxygens (including phenoxy) is 1. The molecule has 0 fully saturated rings. The van der Waals surface area contributed by atoms with E-state index in [1.165, 1.54) is 0 Å². The van der Waals surface area contributed by atoms with E-state index in [1.807, 2.05) is 50.5 Å². The Labute approximate surface area is 223 Å². The molecule has 10 nitrogen and oxygen atoms in total. The fourth-order valence-electron chi connectivity index (χ4n) is 3.87. The maximum Gasteiger partial charge on any atom is 0.184 e. The smallest absolute Gasteiger partial charge is 0.184 e. The molecule has 0 saturated carbocycles. The van der Waals surface area contributed by atoms with Gasteiger partial charge in [0.15, 0.2) is 17.4 Å². The molecule has 2 N–H and O–H groups in total. The number of rotatable bonds is 11. The van der Waals surface area contributed by atoms with Gasteiger partial charge in [-0.25, -0.2) is 15.0 Å². The molecule has 3 heterocycles. The molecule has 0 aliphatic carbocycles. The Balaban J connectivity index is 1.63. The summed E-state index contributed by atoms with van der Waals surface area (Å²) in [6.45, 7) is 6.97. The van der Waals surface area contributed by atoms with Gasteiger partial charge in [-0.1, -0.05) is 19.1 Å². The zero-order chi connectivity index (χ0) is 27.2. The first-order valence-electron chi connectivity index (χ1n) is 12.5. The first-order valence-corrected chi connectivity index (χ1v) is 12.5. The van der Waals surface area contributed by atoms with Crippen LogP contribution in [-0.2, 0) is 13.6 Å². The van der Waals surface area contributed by atoms with Crippen molar-refractivity contribution in [3.8, 4) is 17.1 Å². The average molecular weight is 515 g/mol. The number of nitrogens with zero attached hydrogens (tertiary/aromatic N) is 6. The predicted molar refractivity (Wildman–Crippen MR) is 149 cm³/mol. The van der Waals surface area contributed by atoms with Crippen LogP contribution in [0.4, 0.5) is 23.0 Å². The minimum atomic E-state index is -0.0233. The van der Waals surface area contributed by atoms with Gasteiger partial charge in [0, 0.05) is 44.5 Å². The highest BCUT2D eigenvalue weighted by Crippen LogP contribution is 2.37. The zero-order valence-corrected chi connectivity index (χ0v) is 22.7. The van der Waals surface area contributed by atoms with E-state index in [9.17, 15) is 4.79 Å². The molecule has 0 saturated heterocycles. The maximum absolute atomic E-state index is 12.7. The first-order chi connectivity index (χ1) is 18.3. The number of aromatic nitrogens is 5. The third-order valence-electron chi connectivity index (χ3n) is 6.25. The molecule has 0 spiro atoms. The summed E-state index contributed by atoms with van der Waals surface area (Å²) in [5, 5.41) is 11.0. The van der Waals surface area contributed by atoms with Crippen LogP contribution in [0.5, 0.6) is 5.75 Å². The van der Waals surface area contributed by atoms with E-state index in [0.717, 1.165) is 17.7 Å². The lowest BCUT2D eigenvalue weighted by atomic mass is 10.1. The largest absolute Gasteiger partial charge is 0.494 e. The van der Waals surface area contributed by atoms with Crippen LogP contribution >= 0.6 is 0 Å². The monoisotopic (exact) mass is 514 g/mol. The molecule has 0 aliphatic rings. The summed E-state index contributed by atoms with van der Waals surface area (Å²) < 4.78 is 7.37. The van der Waals surface area contributed by atoms with Gasteiger partial charge in [-0.05, 0) is 44.7 Å². The van der Waals surface area contributed by atoms with Crippen molar-refractivity contribution in [2.24, 2.45) is 7.05 Å². The van der Waals surface area contributed by atoms with Gasteiger partial charge in [0.2, 0.25) is 0 Å². The van der Waals surface area contributed by atoms with Crippen molar-refractivity contribution >= 4 is 28.8 Å². The van der Waals surface area contributed by atoms with Gasteiger partial charge in [0.05, 0.1) is 29.6 Å². The van der Waals surface area contributed by atoms with Crippen LogP contribution in [0.25, 0.3) is 11.4 Å². The average Bonchev–Trinajstić information content (AvgIpc) is 3.35. The molecule has 3 aromatic heterocycles. The van der Waals surface area contributed by atoms with Crippen LogP contribution < -0.4 is 15.4 Å². The number of aryl methyl sites for hydroxylation is 1. The minimum absolute atomic E-state index is 0.0233. The number of benzene rings is 1. The summed E-state index contributed by atoms with van der Waals surface area (Å²) in [5.41, 5.74) is 3.63. The van der Waals surface area contributed by atoms with Crippen molar-refractivity contribution in [1.29, 1.82) is 0 Å². The third kappa shape index (κ3) is 6.15. The van der Waals surface area contributed by atoms with Crippen LogP contribution in [0, 0.1) is 0 Å². The second-order valence-electron chi connectivity index (χ2n) is 9.33. The van der Waals surface area contributed by atoms with Crippen molar-refractivity contribution < 1.29 is 9.53 Å². The summed E-state index contributed by atoms with van der Waals surface area (Å²) in [6.07, 6.45) is 5.43. The molecule has 0 aliphatic heterocycles. The fraction of sp³-hybridized carbons (Fsp3) is 0.321. The Morgan fingerprint density at radius 2 is 1.84 bits per heavy atom. The molecule has 0 bridgehead atoms. The van der Waals surface area contributed by atoms with Crippen molar-refractivity contribution in [2.75, 3.05) is 24.8 Å². The van der Waals surface area contributed by atoms with Crippen LogP contribution in [0.3, 0.4) is 0 Å². The fourth-order valence-corrected chi connectivity index (χ4v) is 3.87. The van der Waals surface area contributed by atoms with Crippen molar-refractivity contribution in [3.63, 3.8) is 0 Å². The van der Waals surface area contributed by atoms with Gasteiger partial charge < -0.3 is 15.4 Å². The maximum atomic E-state index is 12.7. The second kappa shape index (κ2) is 11.8. The third-order valence-corrected chi connectivity index (χ3v) is 6.25. The Hall–Kier alpha value is -4.31. The lowest BCUT2D eigenvalue weighted by molar-refractivity contribution is 0.0988. The van der Waals surface area contributed by atoms with Gasteiger partial charge in [-0.15, -0.1) is 0 Å². The number of hydrogen-bond donors (Lipinski definition) is 2. The summed E-state index contributed by atoms with van der Waals surface area (Å²) in [5.74, 6) is 2.31. The topological polar surface area (TPSA) is 110 Å². The molecule has 0 unspecified atom stereocenters. The quantitative estimate of drug-likeness (QED) is 0.261. The van der Waals surface area contributed by atoms with Crippen molar-refractivity contribution in [1.82, 2.24) is 29.6 Å². The number of pyridine rings is 2. The highest BCUT2D eigenvalue weighted by molar-refractivity contribution is 6.02. The summed E-state index contributed by atoms with van der Waals surface area (Å²) in [7, 11) is 5.50. The van der Waals surface area contributed by atoms with E-state index in [1.54, 1.807) is 30.4 Å². The number of carbonyl (C=O) groups excluding carboxylic acids is 1. The molecule has 0 radical (unpaired) electrons. The number of Topliss-reactive ketones (excluding diaryl/α,β-unsaturated/α-hetero) is 1. The second-order valence-corrected chi connectivity index (χ2v) is 9.33. The Kier molecular flexibility index (Phi) is 8.32. The molecule has 0 atom stereocenters. The highest BCUT2D eigenvalue weighted by Gasteiger charge is 2.18. The number of anilines is 4. The van der Waals surface area contributed by atoms with Gasteiger partial charge in [0.25, 0.3) is 0 Å². The van der Waals surface area contributed by atoms with E-state index < -0.39 is 0 Å². The standard InChI is InChI=1S/C28H34N8O2/c1-7-24(37)21-15-30-26(33-25-12-11-19(14-29-25)16-35(4)18(2)3)13-23(21)32-22-10-8-9-20(27(22)38-6)28-31-17-36(5)34-28/h8-15,17-18H,7,16H2,1-6H3,(H2,29,30,32,33). The number of ketones is 1. The Morgan fingerprint density at radius 3 is 2.47 bits per heavy atom. The highest BCUT2D eigenvalue weighted by atomic mass is 16.5. The SMILES string of the molecule is CCC(=O)c1cnc(Nc2ccc(CN(C)C(C)C)cn2)cc1Nc1cccc(-c2ncn(C)n2)c1OC. The molecule has 10 heteroatoms. The first kappa shape index (κ1) is 26.7. The van der Waals surface area contributed by atoms with Gasteiger partial charge in [-0.2, -0.15) is 5.10 Å². The predicted octanol–water partition coefficient (Wildman–Crippen LogP) is 5.20. The number of carbonyl (C=O) groups is 1. The van der Waals surface area contributed by atoms with Crippen molar-refractivity contribution in [2.45, 2.75) is 39.8 Å². The molecule has 38 heavy (non-hydrogen) atoms. The zero-order valence-electron chi connectivity index (χ0n) is 22.7. The Morgan fingerprint density at radius 1 is 1.05 bits per heavy atom. The van der Waals surface area contributed by atoms with Crippen LogP contribution in [0.2, 0.25) is 0 Å². The van der Waals surface area contributed by atoms with E-state index in [2.05, 4.69) is 56.5 Å². The molecule has 1 aromatic carbocycles. The summed E-state index contributed by atoms with van der Waals surface area (Å²) in [4.78, 5) is 28.4. The summed E-state index contributed by atoms with van der Waals surface area (Å²) >= 11 is 0. The van der Waals surface area contributed by atoms with Gasteiger partial charge >= 0.3 is 0 Å². The van der Waals surface area contributed by atoms with Gasteiger partial charge in [0.1, 0.15) is 18.0 Å². The molecule has 4 aromatic rings. The Bertz CT molecular complexity index is 1400. The van der Waals surface area contributed by atoms with Gasteiger partial charge in [-0.3, -0.25) is 14.4 Å². The number of hydrogen-bond acceptors (Lipinski definition) is 9. The van der Waals surface area contributed by atoms with Crippen molar-refractivity contribution in [3.05, 3.63) is 66.2 Å². The molecule has 198 valence electrons. The van der Waals surface area contributed by atoms with E-state index >= 15 is 0 Å². The molecule has 0 amide bonds. The normalized spacial score (nSPS) is 11.2. The van der Waals surface area contributed by atoms with E-state index in [4.69, 9.17) is 4.74 Å². The molecular weight excluding hydrogens is 480 g/mol. The minimum Gasteiger partial charge on any atom is -0.494 e. The number of methoxy groups -OCH3 is 1. The van der Waals surface area contributed by atoms with Crippen LogP contribution in [0.15, 0.2) is 55.1 Å². The number of para-hydroxylation sites is 1.